The Balaban J connectivity index is 1.17. The predicted octanol–water partition coefficient (Wildman–Crippen LogP) is 3.98. The number of likely N-dealkylation sites (tertiary alicyclic amines) is 1. The van der Waals surface area contributed by atoms with Crippen LogP contribution in [0.5, 0.6) is 0 Å². The third kappa shape index (κ3) is 5.97. The topological polar surface area (TPSA) is 71.3 Å². The van der Waals surface area contributed by atoms with Gasteiger partial charge in [-0.15, -0.1) is 0 Å². The van der Waals surface area contributed by atoms with Crippen molar-refractivity contribution in [2.45, 2.75) is 32.2 Å². The Morgan fingerprint density at radius 2 is 1.69 bits per heavy atom. The van der Waals surface area contributed by atoms with Crippen LogP contribution in [0.25, 0.3) is 11.4 Å². The molecule has 1 fully saturated rings. The number of rotatable bonds is 8. The number of halogens is 2. The SMILES string of the molecule is O=C(NCCCc1ccc(F)cc1)C1CCN(Cc2nc(-c3ccc(F)cc3)no2)CC1. The van der Waals surface area contributed by atoms with Crippen molar-refractivity contribution in [3.63, 3.8) is 0 Å². The number of hydrogen-bond donors (Lipinski definition) is 1. The zero-order valence-electron chi connectivity index (χ0n) is 17.8. The van der Waals surface area contributed by atoms with E-state index in [1.807, 2.05) is 0 Å². The zero-order valence-corrected chi connectivity index (χ0v) is 17.8. The lowest BCUT2D eigenvalue weighted by molar-refractivity contribution is -0.126. The van der Waals surface area contributed by atoms with E-state index in [0.29, 0.717) is 30.4 Å². The monoisotopic (exact) mass is 440 g/mol. The van der Waals surface area contributed by atoms with Crippen molar-refractivity contribution in [1.29, 1.82) is 0 Å². The molecule has 6 nitrogen and oxygen atoms in total. The van der Waals surface area contributed by atoms with E-state index in [2.05, 4.69) is 20.4 Å². The molecule has 168 valence electrons. The number of nitrogens with zero attached hydrogens (tertiary/aromatic N) is 3. The van der Waals surface area contributed by atoms with Gasteiger partial charge < -0.3 is 9.84 Å². The molecule has 1 amide bonds. The predicted molar refractivity (Wildman–Crippen MR) is 115 cm³/mol. The van der Waals surface area contributed by atoms with E-state index in [1.54, 1.807) is 24.3 Å². The number of aryl methyl sites for hydroxylation is 1. The Kier molecular flexibility index (Phi) is 7.21. The van der Waals surface area contributed by atoms with E-state index < -0.39 is 0 Å². The maximum Gasteiger partial charge on any atom is 0.241 e. The molecule has 2 aromatic carbocycles. The summed E-state index contributed by atoms with van der Waals surface area (Å²) in [4.78, 5) is 19.0. The highest BCUT2D eigenvalue weighted by Crippen LogP contribution is 2.21. The van der Waals surface area contributed by atoms with Crippen LogP contribution in [0, 0.1) is 17.6 Å². The van der Waals surface area contributed by atoms with Gasteiger partial charge in [0, 0.05) is 18.0 Å². The largest absolute Gasteiger partial charge is 0.356 e. The molecular weight excluding hydrogens is 414 g/mol. The molecule has 0 saturated carbocycles. The lowest BCUT2D eigenvalue weighted by Gasteiger charge is -2.30. The average molecular weight is 440 g/mol. The van der Waals surface area contributed by atoms with Crippen LogP contribution in [-0.2, 0) is 17.8 Å². The van der Waals surface area contributed by atoms with E-state index in [4.69, 9.17) is 4.52 Å². The molecule has 0 aliphatic carbocycles. The van der Waals surface area contributed by atoms with E-state index >= 15 is 0 Å². The van der Waals surface area contributed by atoms with Crippen molar-refractivity contribution in [3.8, 4) is 11.4 Å². The van der Waals surface area contributed by atoms with E-state index in [0.717, 1.165) is 44.3 Å². The van der Waals surface area contributed by atoms with Crippen molar-refractivity contribution in [2.24, 2.45) is 5.92 Å². The summed E-state index contributed by atoms with van der Waals surface area (Å²) in [6.45, 7) is 2.70. The molecule has 32 heavy (non-hydrogen) atoms. The highest BCUT2D eigenvalue weighted by molar-refractivity contribution is 5.78. The third-order valence-corrected chi connectivity index (χ3v) is 5.74. The molecule has 1 N–H and O–H groups in total. The second kappa shape index (κ2) is 10.5. The van der Waals surface area contributed by atoms with E-state index in [1.165, 1.54) is 24.3 Å². The van der Waals surface area contributed by atoms with Gasteiger partial charge in [-0.05, 0) is 80.7 Å². The standard InChI is InChI=1S/C24H26F2N4O2/c25-20-7-3-17(4-8-20)2-1-13-27-24(31)19-11-14-30(15-12-19)16-22-28-23(29-32-22)18-5-9-21(26)10-6-18/h3-10,19H,1-2,11-16H2,(H,27,31). The van der Waals surface area contributed by atoms with Crippen molar-refractivity contribution in [2.75, 3.05) is 19.6 Å². The number of nitrogens with one attached hydrogen (secondary N) is 1. The second-order valence-electron chi connectivity index (χ2n) is 8.09. The normalized spacial score (nSPS) is 15.1. The Morgan fingerprint density at radius 1 is 1.03 bits per heavy atom. The van der Waals surface area contributed by atoms with Crippen LogP contribution in [0.15, 0.2) is 53.1 Å². The molecule has 0 bridgehead atoms. The van der Waals surface area contributed by atoms with Crippen LogP contribution in [0.3, 0.4) is 0 Å². The molecule has 3 aromatic rings. The third-order valence-electron chi connectivity index (χ3n) is 5.74. The molecule has 8 heteroatoms. The molecular formula is C24H26F2N4O2. The van der Waals surface area contributed by atoms with Gasteiger partial charge in [0.1, 0.15) is 11.6 Å². The number of piperidine rings is 1. The molecule has 0 unspecified atom stereocenters. The van der Waals surface area contributed by atoms with Crippen molar-refractivity contribution < 1.29 is 18.1 Å². The first-order valence-corrected chi connectivity index (χ1v) is 10.9. The van der Waals surface area contributed by atoms with Crippen LogP contribution in [0.1, 0.15) is 30.7 Å². The van der Waals surface area contributed by atoms with Gasteiger partial charge in [-0.3, -0.25) is 9.69 Å². The molecule has 0 atom stereocenters. The van der Waals surface area contributed by atoms with Crippen LogP contribution >= 0.6 is 0 Å². The van der Waals surface area contributed by atoms with Crippen molar-refractivity contribution in [1.82, 2.24) is 20.4 Å². The number of carbonyl (C=O) groups excluding carboxylic acids is 1. The van der Waals surface area contributed by atoms with E-state index in [-0.39, 0.29) is 23.5 Å². The van der Waals surface area contributed by atoms with Gasteiger partial charge >= 0.3 is 0 Å². The first-order chi connectivity index (χ1) is 15.6. The molecule has 1 aliphatic rings. The lowest BCUT2D eigenvalue weighted by Crippen LogP contribution is -2.40. The molecule has 1 saturated heterocycles. The summed E-state index contributed by atoms with van der Waals surface area (Å²) < 4.78 is 31.3. The quantitative estimate of drug-likeness (QED) is 0.537. The summed E-state index contributed by atoms with van der Waals surface area (Å²) in [7, 11) is 0. The summed E-state index contributed by atoms with van der Waals surface area (Å²) in [5, 5.41) is 7.00. The molecule has 0 spiro atoms. The highest BCUT2D eigenvalue weighted by Gasteiger charge is 2.25. The Hall–Kier alpha value is -3.13. The summed E-state index contributed by atoms with van der Waals surface area (Å²) >= 11 is 0. The summed E-state index contributed by atoms with van der Waals surface area (Å²) in [6.07, 6.45) is 3.19. The lowest BCUT2D eigenvalue weighted by atomic mass is 9.96. The van der Waals surface area contributed by atoms with Crippen LogP contribution < -0.4 is 5.32 Å². The Bertz CT molecular complexity index is 1010. The molecule has 1 aliphatic heterocycles. The minimum absolute atomic E-state index is 0.00883. The number of hydrogen-bond acceptors (Lipinski definition) is 5. The van der Waals surface area contributed by atoms with Gasteiger partial charge in [-0.2, -0.15) is 4.98 Å². The van der Waals surface area contributed by atoms with E-state index in [9.17, 15) is 13.6 Å². The van der Waals surface area contributed by atoms with Gasteiger partial charge in [-0.25, -0.2) is 8.78 Å². The Labute approximate surface area is 185 Å². The number of aromatic nitrogens is 2. The number of amides is 1. The first-order valence-electron chi connectivity index (χ1n) is 10.9. The fraction of sp³-hybridized carbons (Fsp3) is 0.375. The summed E-state index contributed by atoms with van der Waals surface area (Å²) in [5.41, 5.74) is 1.77. The Morgan fingerprint density at radius 3 is 2.38 bits per heavy atom. The van der Waals surface area contributed by atoms with Gasteiger partial charge in [0.05, 0.1) is 6.54 Å². The highest BCUT2D eigenvalue weighted by atomic mass is 19.1. The maximum atomic E-state index is 13.1. The van der Waals surface area contributed by atoms with Crippen molar-refractivity contribution in [3.05, 3.63) is 71.6 Å². The van der Waals surface area contributed by atoms with Gasteiger partial charge in [0.25, 0.3) is 0 Å². The summed E-state index contributed by atoms with van der Waals surface area (Å²) in [5.74, 6) is 0.510. The molecule has 4 rings (SSSR count). The maximum absolute atomic E-state index is 13.1. The fourth-order valence-electron chi connectivity index (χ4n) is 3.88. The minimum atomic E-state index is -0.308. The zero-order chi connectivity index (χ0) is 22.3. The fourth-order valence-corrected chi connectivity index (χ4v) is 3.88. The van der Waals surface area contributed by atoms with Gasteiger partial charge in [0.15, 0.2) is 0 Å². The van der Waals surface area contributed by atoms with Crippen LogP contribution in [0.2, 0.25) is 0 Å². The smallest absolute Gasteiger partial charge is 0.241 e. The average Bonchev–Trinajstić information content (AvgIpc) is 3.27. The second-order valence-corrected chi connectivity index (χ2v) is 8.09. The number of carbonyl (C=O) groups is 1. The first kappa shape index (κ1) is 22.1. The van der Waals surface area contributed by atoms with Gasteiger partial charge in [-0.1, -0.05) is 17.3 Å². The number of benzene rings is 2. The summed E-state index contributed by atoms with van der Waals surface area (Å²) in [6, 6.07) is 12.4. The van der Waals surface area contributed by atoms with Crippen LogP contribution in [0.4, 0.5) is 8.78 Å². The molecule has 1 aromatic heterocycles. The van der Waals surface area contributed by atoms with Gasteiger partial charge in [0.2, 0.25) is 17.6 Å². The van der Waals surface area contributed by atoms with Crippen LogP contribution in [-0.4, -0.2) is 40.6 Å². The molecule has 2 heterocycles. The van der Waals surface area contributed by atoms with Crippen molar-refractivity contribution >= 4 is 5.91 Å². The minimum Gasteiger partial charge on any atom is -0.356 e. The molecule has 0 radical (unpaired) electrons.